The maximum absolute atomic E-state index is 5.86. The smallest absolute Gasteiger partial charge is 0.133 e. The first-order valence-electron chi connectivity index (χ1n) is 5.91. The van der Waals surface area contributed by atoms with E-state index < -0.39 is 0 Å². The summed E-state index contributed by atoms with van der Waals surface area (Å²) in [5.74, 6) is 1.36. The van der Waals surface area contributed by atoms with Gasteiger partial charge in [-0.25, -0.2) is 0 Å². The highest BCUT2D eigenvalue weighted by Gasteiger charge is 2.23. The molecular weight excluding hydrogens is 278 g/mol. The Morgan fingerprint density at radius 3 is 2.41 bits per heavy atom. The van der Waals surface area contributed by atoms with Gasteiger partial charge in [-0.15, -0.1) is 0 Å². The zero-order chi connectivity index (χ0) is 13.1. The molecule has 0 aliphatic carbocycles. The topological polar surface area (TPSA) is 35.2 Å². The van der Waals surface area contributed by atoms with Crippen molar-refractivity contribution in [1.82, 2.24) is 0 Å². The number of benzene rings is 1. The maximum Gasteiger partial charge on any atom is 0.133 e. The molecule has 0 radical (unpaired) electrons. The van der Waals surface area contributed by atoms with Crippen LogP contribution in [0.1, 0.15) is 26.3 Å². The van der Waals surface area contributed by atoms with Crippen LogP contribution in [0.4, 0.5) is 0 Å². The minimum absolute atomic E-state index is 0.237. The Labute approximate surface area is 113 Å². The van der Waals surface area contributed by atoms with Crippen molar-refractivity contribution in [2.75, 3.05) is 13.7 Å². The van der Waals surface area contributed by atoms with E-state index in [9.17, 15) is 0 Å². The number of nitrogens with two attached hydrogens (primary N) is 1. The number of hydrogen-bond donors (Lipinski definition) is 1. The minimum atomic E-state index is 0.237. The van der Waals surface area contributed by atoms with Crippen LogP contribution in [0.2, 0.25) is 0 Å². The van der Waals surface area contributed by atoms with Crippen molar-refractivity contribution < 1.29 is 4.74 Å². The van der Waals surface area contributed by atoms with Gasteiger partial charge in [0.2, 0.25) is 0 Å². The highest BCUT2D eigenvalue weighted by Crippen LogP contribution is 2.31. The van der Waals surface area contributed by atoms with Gasteiger partial charge in [0.25, 0.3) is 0 Å². The fraction of sp³-hybridized carbons (Fsp3) is 0.571. The number of halogens is 1. The largest absolute Gasteiger partial charge is 0.496 e. The summed E-state index contributed by atoms with van der Waals surface area (Å²) in [4.78, 5) is 0. The molecule has 1 aromatic rings. The van der Waals surface area contributed by atoms with Crippen LogP contribution in [-0.4, -0.2) is 13.7 Å². The van der Waals surface area contributed by atoms with E-state index >= 15 is 0 Å². The Bertz CT molecular complexity index is 371. The Balaban J connectivity index is 2.84. The van der Waals surface area contributed by atoms with Gasteiger partial charge in [-0.1, -0.05) is 26.8 Å². The normalized spacial score (nSPS) is 13.5. The summed E-state index contributed by atoms with van der Waals surface area (Å²) in [5.41, 5.74) is 7.40. The van der Waals surface area contributed by atoms with Gasteiger partial charge in [-0.3, -0.25) is 0 Å². The van der Waals surface area contributed by atoms with Crippen molar-refractivity contribution in [3.63, 3.8) is 0 Å². The van der Waals surface area contributed by atoms with Crippen molar-refractivity contribution in [1.29, 1.82) is 0 Å². The van der Waals surface area contributed by atoms with E-state index in [2.05, 4.69) is 48.8 Å². The van der Waals surface area contributed by atoms with Crippen molar-refractivity contribution >= 4 is 15.9 Å². The standard InChI is InChI=1S/C14H22BrNO/c1-14(2,3)11(9-16)7-10-5-6-13(17-4)12(15)8-10/h5-6,8,11H,7,9,16H2,1-4H3. The van der Waals surface area contributed by atoms with E-state index in [1.165, 1.54) is 5.56 Å². The molecule has 0 fully saturated rings. The van der Waals surface area contributed by atoms with Gasteiger partial charge in [0.1, 0.15) is 5.75 Å². The van der Waals surface area contributed by atoms with Crippen LogP contribution in [0, 0.1) is 11.3 Å². The molecule has 3 heteroatoms. The van der Waals surface area contributed by atoms with Crippen molar-refractivity contribution in [3.05, 3.63) is 28.2 Å². The van der Waals surface area contributed by atoms with Crippen molar-refractivity contribution in [3.8, 4) is 5.75 Å². The van der Waals surface area contributed by atoms with Crippen LogP contribution < -0.4 is 10.5 Å². The summed E-state index contributed by atoms with van der Waals surface area (Å²) >= 11 is 3.51. The second-order valence-corrected chi connectivity index (χ2v) is 6.33. The lowest BCUT2D eigenvalue weighted by molar-refractivity contribution is 0.246. The molecule has 1 atom stereocenters. The second kappa shape index (κ2) is 5.87. The van der Waals surface area contributed by atoms with Crippen LogP contribution >= 0.6 is 15.9 Å². The Morgan fingerprint density at radius 2 is 2.00 bits per heavy atom. The lowest BCUT2D eigenvalue weighted by atomic mass is 9.77. The molecule has 0 bridgehead atoms. The Kier molecular flexibility index (Phi) is 5.02. The Morgan fingerprint density at radius 1 is 1.35 bits per heavy atom. The molecule has 0 aliphatic rings. The Hall–Kier alpha value is -0.540. The first-order chi connectivity index (χ1) is 7.88. The average Bonchev–Trinajstić information content (AvgIpc) is 2.24. The predicted octanol–water partition coefficient (Wildman–Crippen LogP) is 3.62. The molecule has 0 spiro atoms. The van der Waals surface area contributed by atoms with Crippen molar-refractivity contribution in [2.24, 2.45) is 17.1 Å². The van der Waals surface area contributed by atoms with Gasteiger partial charge >= 0.3 is 0 Å². The molecule has 2 N–H and O–H groups in total. The monoisotopic (exact) mass is 299 g/mol. The second-order valence-electron chi connectivity index (χ2n) is 5.47. The third-order valence-corrected chi connectivity index (χ3v) is 3.83. The number of ether oxygens (including phenoxy) is 1. The predicted molar refractivity (Wildman–Crippen MR) is 76.4 cm³/mol. The lowest BCUT2D eigenvalue weighted by Gasteiger charge is -2.29. The SMILES string of the molecule is COc1ccc(CC(CN)C(C)(C)C)cc1Br. The summed E-state index contributed by atoms with van der Waals surface area (Å²) in [6, 6.07) is 6.22. The summed E-state index contributed by atoms with van der Waals surface area (Å²) in [7, 11) is 1.68. The summed E-state index contributed by atoms with van der Waals surface area (Å²) in [6.07, 6.45) is 1.00. The van der Waals surface area contributed by atoms with Gasteiger partial charge in [0.15, 0.2) is 0 Å². The zero-order valence-corrected chi connectivity index (χ0v) is 12.7. The van der Waals surface area contributed by atoms with Gasteiger partial charge in [-0.2, -0.15) is 0 Å². The first-order valence-corrected chi connectivity index (χ1v) is 6.70. The molecule has 1 rings (SSSR count). The number of rotatable bonds is 4. The maximum atomic E-state index is 5.86. The van der Waals surface area contributed by atoms with Gasteiger partial charge in [0, 0.05) is 0 Å². The summed E-state index contributed by atoms with van der Waals surface area (Å²) in [5, 5.41) is 0. The van der Waals surface area contributed by atoms with Gasteiger partial charge < -0.3 is 10.5 Å². The fourth-order valence-corrected chi connectivity index (χ4v) is 2.45. The van der Waals surface area contributed by atoms with Crippen LogP contribution in [0.25, 0.3) is 0 Å². The molecule has 0 heterocycles. The summed E-state index contributed by atoms with van der Waals surface area (Å²) in [6.45, 7) is 7.43. The third kappa shape index (κ3) is 4.00. The molecule has 0 aromatic heterocycles. The quantitative estimate of drug-likeness (QED) is 0.921. The van der Waals surface area contributed by atoms with Crippen LogP contribution in [-0.2, 0) is 6.42 Å². The number of methoxy groups -OCH3 is 1. The fourth-order valence-electron chi connectivity index (χ4n) is 1.86. The van der Waals surface area contributed by atoms with Gasteiger partial charge in [-0.05, 0) is 57.9 Å². The van der Waals surface area contributed by atoms with Gasteiger partial charge in [0.05, 0.1) is 11.6 Å². The third-order valence-electron chi connectivity index (χ3n) is 3.21. The van der Waals surface area contributed by atoms with Crippen LogP contribution in [0.3, 0.4) is 0 Å². The van der Waals surface area contributed by atoms with E-state index in [4.69, 9.17) is 10.5 Å². The molecule has 0 aliphatic heterocycles. The van der Waals surface area contributed by atoms with Crippen LogP contribution in [0.15, 0.2) is 22.7 Å². The van der Waals surface area contributed by atoms with E-state index in [1.54, 1.807) is 7.11 Å². The summed E-state index contributed by atoms with van der Waals surface area (Å²) < 4.78 is 6.23. The zero-order valence-electron chi connectivity index (χ0n) is 11.1. The van der Waals surface area contributed by atoms with E-state index in [0.717, 1.165) is 16.6 Å². The van der Waals surface area contributed by atoms with Crippen LogP contribution in [0.5, 0.6) is 5.75 Å². The first kappa shape index (κ1) is 14.5. The molecule has 1 unspecified atom stereocenters. The van der Waals surface area contributed by atoms with Crippen molar-refractivity contribution in [2.45, 2.75) is 27.2 Å². The molecule has 96 valence electrons. The molecule has 1 aromatic carbocycles. The highest BCUT2D eigenvalue weighted by molar-refractivity contribution is 9.10. The minimum Gasteiger partial charge on any atom is -0.496 e. The molecule has 17 heavy (non-hydrogen) atoms. The average molecular weight is 300 g/mol. The molecule has 0 amide bonds. The highest BCUT2D eigenvalue weighted by atomic mass is 79.9. The molecule has 2 nitrogen and oxygen atoms in total. The van der Waals surface area contributed by atoms with E-state index in [-0.39, 0.29) is 5.41 Å². The molecule has 0 saturated carbocycles. The lowest BCUT2D eigenvalue weighted by Crippen LogP contribution is -2.29. The molecule has 0 saturated heterocycles. The van der Waals surface area contributed by atoms with E-state index in [1.807, 2.05) is 6.07 Å². The molecular formula is C14H22BrNO. The van der Waals surface area contributed by atoms with E-state index in [0.29, 0.717) is 12.5 Å². The number of hydrogen-bond acceptors (Lipinski definition) is 2.